The fourth-order valence-electron chi connectivity index (χ4n) is 2.99. The van der Waals surface area contributed by atoms with E-state index in [-0.39, 0.29) is 16.1 Å². The Balaban J connectivity index is 1.96. The van der Waals surface area contributed by atoms with Crippen molar-refractivity contribution in [3.63, 3.8) is 0 Å². The van der Waals surface area contributed by atoms with Crippen molar-refractivity contribution in [2.75, 3.05) is 16.2 Å². The largest absolute Gasteiger partial charge is 0.366 e. The van der Waals surface area contributed by atoms with Gasteiger partial charge in [-0.15, -0.1) is 0 Å². The zero-order valence-corrected chi connectivity index (χ0v) is 18.0. The summed E-state index contributed by atoms with van der Waals surface area (Å²) < 4.78 is 27.8. The molecule has 0 aliphatic rings. The van der Waals surface area contributed by atoms with Gasteiger partial charge in [-0.2, -0.15) is 0 Å². The van der Waals surface area contributed by atoms with Gasteiger partial charge in [0.1, 0.15) is 6.54 Å². The van der Waals surface area contributed by atoms with Crippen LogP contribution >= 0.6 is 0 Å². The number of hydrogen-bond acceptors (Lipinski definition) is 4. The summed E-state index contributed by atoms with van der Waals surface area (Å²) in [6.45, 7) is 3.26. The van der Waals surface area contributed by atoms with E-state index in [0.29, 0.717) is 5.69 Å². The highest BCUT2D eigenvalue weighted by Gasteiger charge is 2.27. The van der Waals surface area contributed by atoms with Crippen LogP contribution in [0.4, 0.5) is 11.4 Å². The highest BCUT2D eigenvalue weighted by Crippen LogP contribution is 2.25. The van der Waals surface area contributed by atoms with Gasteiger partial charge in [-0.3, -0.25) is 13.9 Å². The molecule has 0 aromatic heterocycles. The summed E-state index contributed by atoms with van der Waals surface area (Å²) in [6.07, 6.45) is 0. The molecule has 0 aliphatic heterocycles. The smallest absolute Gasteiger partial charge is 0.264 e. The molecular formula is C23H23N3O4S. The van der Waals surface area contributed by atoms with Crippen molar-refractivity contribution in [3.05, 3.63) is 89.5 Å². The fraction of sp³-hybridized carbons (Fsp3) is 0.130. The molecule has 3 aromatic rings. The Morgan fingerprint density at radius 1 is 0.871 bits per heavy atom. The maximum atomic E-state index is 13.4. The van der Waals surface area contributed by atoms with Crippen molar-refractivity contribution in [2.24, 2.45) is 5.73 Å². The number of amides is 2. The quantitative estimate of drug-likeness (QED) is 0.591. The lowest BCUT2D eigenvalue weighted by Crippen LogP contribution is -2.38. The van der Waals surface area contributed by atoms with E-state index in [1.54, 1.807) is 48.5 Å². The summed E-state index contributed by atoms with van der Waals surface area (Å²) in [5.41, 5.74) is 7.94. The van der Waals surface area contributed by atoms with Crippen molar-refractivity contribution >= 4 is 33.2 Å². The first kappa shape index (κ1) is 22.0. The highest BCUT2D eigenvalue weighted by atomic mass is 32.2. The van der Waals surface area contributed by atoms with Gasteiger partial charge in [0, 0.05) is 0 Å². The lowest BCUT2D eigenvalue weighted by Gasteiger charge is -2.24. The van der Waals surface area contributed by atoms with Crippen LogP contribution in [0.15, 0.2) is 77.7 Å². The number of carbonyl (C=O) groups excluding carboxylic acids is 2. The summed E-state index contributed by atoms with van der Waals surface area (Å²) in [5, 5.41) is 2.59. The molecule has 2 amide bonds. The first-order valence-corrected chi connectivity index (χ1v) is 11.0. The Morgan fingerprint density at radius 3 is 2.00 bits per heavy atom. The average Bonchev–Trinajstić information content (AvgIpc) is 2.73. The predicted octanol–water partition coefficient (Wildman–Crippen LogP) is 3.24. The van der Waals surface area contributed by atoms with Gasteiger partial charge in [0.15, 0.2) is 0 Å². The normalized spacial score (nSPS) is 11.0. The number of nitrogens with one attached hydrogen (secondary N) is 1. The van der Waals surface area contributed by atoms with E-state index in [0.717, 1.165) is 15.4 Å². The summed E-state index contributed by atoms with van der Waals surface area (Å²) in [7, 11) is -4.02. The molecule has 3 rings (SSSR count). The Hall–Kier alpha value is -3.65. The number of anilines is 2. The lowest BCUT2D eigenvalue weighted by molar-refractivity contribution is -0.114. The molecule has 160 valence electrons. The Kier molecular flexibility index (Phi) is 6.41. The monoisotopic (exact) mass is 437 g/mol. The minimum absolute atomic E-state index is 0.0732. The van der Waals surface area contributed by atoms with Crippen molar-refractivity contribution in [1.82, 2.24) is 0 Å². The van der Waals surface area contributed by atoms with Crippen molar-refractivity contribution < 1.29 is 18.0 Å². The molecule has 7 nitrogen and oxygen atoms in total. The molecule has 8 heteroatoms. The van der Waals surface area contributed by atoms with Crippen molar-refractivity contribution in [1.29, 1.82) is 0 Å². The van der Waals surface area contributed by atoms with Gasteiger partial charge in [-0.1, -0.05) is 47.5 Å². The molecule has 31 heavy (non-hydrogen) atoms. The minimum Gasteiger partial charge on any atom is -0.366 e. The van der Waals surface area contributed by atoms with Gasteiger partial charge in [0.25, 0.3) is 15.9 Å². The summed E-state index contributed by atoms with van der Waals surface area (Å²) in [6, 6.07) is 19.5. The number of nitrogens with zero attached hydrogens (tertiary/aromatic N) is 1. The molecule has 0 spiro atoms. The Morgan fingerprint density at radius 2 is 1.42 bits per heavy atom. The predicted molar refractivity (Wildman–Crippen MR) is 120 cm³/mol. The number of hydrogen-bond donors (Lipinski definition) is 2. The van der Waals surface area contributed by atoms with Crippen LogP contribution in [0.1, 0.15) is 21.5 Å². The number of sulfonamides is 1. The van der Waals surface area contributed by atoms with Crippen LogP contribution in [0.5, 0.6) is 0 Å². The standard InChI is InChI=1S/C23H23N3O4S/c1-16-7-11-18(12-8-16)26(31(29,30)19-13-9-17(2)10-14-19)15-22(27)25-21-6-4-3-5-20(21)23(24)28/h3-14H,15H2,1-2H3,(H2,24,28)(H,25,27). The molecule has 0 saturated carbocycles. The maximum Gasteiger partial charge on any atom is 0.264 e. The third-order valence-electron chi connectivity index (χ3n) is 4.68. The van der Waals surface area contributed by atoms with E-state index in [1.807, 2.05) is 13.8 Å². The first-order chi connectivity index (χ1) is 14.7. The van der Waals surface area contributed by atoms with Gasteiger partial charge >= 0.3 is 0 Å². The Labute approximate surface area is 181 Å². The number of rotatable bonds is 7. The maximum absolute atomic E-state index is 13.4. The average molecular weight is 438 g/mol. The van der Waals surface area contributed by atoms with Crippen molar-refractivity contribution in [3.8, 4) is 0 Å². The van der Waals surface area contributed by atoms with E-state index in [1.165, 1.54) is 24.3 Å². The van der Waals surface area contributed by atoms with E-state index in [9.17, 15) is 18.0 Å². The zero-order valence-electron chi connectivity index (χ0n) is 17.2. The van der Waals surface area contributed by atoms with E-state index >= 15 is 0 Å². The topological polar surface area (TPSA) is 110 Å². The third kappa shape index (κ3) is 5.10. The summed E-state index contributed by atoms with van der Waals surface area (Å²) >= 11 is 0. The second kappa shape index (κ2) is 9.01. The molecule has 3 aromatic carbocycles. The van der Waals surface area contributed by atoms with Gasteiger partial charge in [0.05, 0.1) is 21.8 Å². The third-order valence-corrected chi connectivity index (χ3v) is 6.47. The molecule has 0 unspecified atom stereocenters. The van der Waals surface area contributed by atoms with Crippen LogP contribution in [0.2, 0.25) is 0 Å². The van der Waals surface area contributed by atoms with E-state index in [2.05, 4.69) is 5.32 Å². The van der Waals surface area contributed by atoms with Crippen LogP contribution in [0.25, 0.3) is 0 Å². The first-order valence-electron chi connectivity index (χ1n) is 9.53. The number of primary amides is 1. The molecule has 0 radical (unpaired) electrons. The number of carbonyl (C=O) groups is 2. The van der Waals surface area contributed by atoms with Gasteiger partial charge in [-0.05, 0) is 50.2 Å². The number of para-hydroxylation sites is 1. The van der Waals surface area contributed by atoms with Crippen LogP contribution in [0, 0.1) is 13.8 Å². The van der Waals surface area contributed by atoms with Crippen molar-refractivity contribution in [2.45, 2.75) is 18.7 Å². The summed E-state index contributed by atoms with van der Waals surface area (Å²) in [4.78, 5) is 24.5. The lowest BCUT2D eigenvalue weighted by atomic mass is 10.1. The summed E-state index contributed by atoms with van der Waals surface area (Å²) in [5.74, 6) is -1.30. The molecule has 0 fully saturated rings. The zero-order chi connectivity index (χ0) is 22.6. The molecular weight excluding hydrogens is 414 g/mol. The second-order valence-corrected chi connectivity index (χ2v) is 8.98. The Bertz CT molecular complexity index is 1200. The van der Waals surface area contributed by atoms with Gasteiger partial charge < -0.3 is 11.1 Å². The molecule has 0 heterocycles. The van der Waals surface area contributed by atoms with Gasteiger partial charge in [-0.25, -0.2) is 8.42 Å². The minimum atomic E-state index is -4.02. The number of aryl methyl sites for hydroxylation is 2. The van der Waals surface area contributed by atoms with E-state index in [4.69, 9.17) is 5.73 Å². The highest BCUT2D eigenvalue weighted by molar-refractivity contribution is 7.92. The van der Waals surface area contributed by atoms with Crippen LogP contribution in [-0.2, 0) is 14.8 Å². The molecule has 0 aliphatic carbocycles. The molecule has 3 N–H and O–H groups in total. The van der Waals surface area contributed by atoms with E-state index < -0.39 is 28.4 Å². The van der Waals surface area contributed by atoms with Crippen LogP contribution in [0.3, 0.4) is 0 Å². The van der Waals surface area contributed by atoms with Crippen LogP contribution in [-0.4, -0.2) is 26.8 Å². The second-order valence-electron chi connectivity index (χ2n) is 7.12. The number of benzene rings is 3. The molecule has 0 atom stereocenters. The number of nitrogens with two attached hydrogens (primary N) is 1. The van der Waals surface area contributed by atoms with Crippen LogP contribution < -0.4 is 15.4 Å². The van der Waals surface area contributed by atoms with Gasteiger partial charge in [0.2, 0.25) is 5.91 Å². The molecule has 0 bridgehead atoms. The molecule has 0 saturated heterocycles. The fourth-order valence-corrected chi connectivity index (χ4v) is 4.41. The SMILES string of the molecule is Cc1ccc(N(CC(=O)Nc2ccccc2C(N)=O)S(=O)(=O)c2ccc(C)cc2)cc1.